The molecule has 0 heterocycles. The molecule has 0 aromatic heterocycles. The van der Waals surface area contributed by atoms with Crippen LogP contribution in [0.4, 0.5) is 0 Å². The average molecular weight is 286 g/mol. The Bertz CT molecular complexity index is 377. The number of rotatable bonds is 4. The molecule has 0 saturated heterocycles. The van der Waals surface area contributed by atoms with Gasteiger partial charge in [0.15, 0.2) is 0 Å². The molecule has 1 rings (SSSR count). The van der Waals surface area contributed by atoms with Gasteiger partial charge in [0.05, 0.1) is 12.6 Å². The number of ether oxygens (including phenoxy) is 1. The highest BCUT2D eigenvalue weighted by molar-refractivity contribution is 9.09. The Labute approximate surface area is 107 Å². The summed E-state index contributed by atoms with van der Waals surface area (Å²) in [7, 11) is 3.83. The van der Waals surface area contributed by atoms with E-state index in [1.54, 1.807) is 7.11 Å². The highest BCUT2D eigenvalue weighted by Gasteiger charge is 2.13. The maximum atomic E-state index is 5.54. The predicted octanol–water partition coefficient (Wildman–Crippen LogP) is 3.40. The van der Waals surface area contributed by atoms with Gasteiger partial charge in [-0.05, 0) is 44.5 Å². The lowest BCUT2D eigenvalue weighted by Gasteiger charge is -2.20. The number of hydrogen-bond donors (Lipinski definition) is 0. The quantitative estimate of drug-likeness (QED) is 0.621. The summed E-state index contributed by atoms with van der Waals surface area (Å²) >= 11 is 3.46. The zero-order chi connectivity index (χ0) is 12.3. The van der Waals surface area contributed by atoms with Crippen LogP contribution in [0.3, 0.4) is 0 Å². The van der Waals surface area contributed by atoms with Crippen molar-refractivity contribution < 1.29 is 4.74 Å². The van der Waals surface area contributed by atoms with E-state index in [-0.39, 0.29) is 0 Å². The number of halogens is 1. The molecule has 0 aliphatic heterocycles. The van der Waals surface area contributed by atoms with Crippen molar-refractivity contribution in [3.8, 4) is 5.75 Å². The first-order valence-electron chi connectivity index (χ1n) is 5.39. The molecule has 0 saturated carbocycles. The molecular formula is C13H20BrNO. The molecule has 0 aliphatic carbocycles. The summed E-state index contributed by atoms with van der Waals surface area (Å²) < 4.78 is 5.54. The fourth-order valence-corrected chi connectivity index (χ4v) is 2.07. The first-order chi connectivity index (χ1) is 7.51. The molecule has 90 valence electrons. The van der Waals surface area contributed by atoms with E-state index in [0.717, 1.165) is 17.7 Å². The summed E-state index contributed by atoms with van der Waals surface area (Å²) in [5.74, 6) is 1.03. The minimum absolute atomic E-state index is 0.864. The molecule has 0 fully saturated rings. The average Bonchev–Trinajstić information content (AvgIpc) is 2.26. The third-order valence-corrected chi connectivity index (χ3v) is 3.81. The van der Waals surface area contributed by atoms with Crippen LogP contribution in [0.1, 0.15) is 22.3 Å². The highest BCUT2D eigenvalue weighted by Crippen LogP contribution is 2.30. The molecular weight excluding hydrogens is 266 g/mol. The Morgan fingerprint density at radius 1 is 1.25 bits per heavy atom. The van der Waals surface area contributed by atoms with Gasteiger partial charge in [-0.2, -0.15) is 0 Å². The molecule has 0 bridgehead atoms. The van der Waals surface area contributed by atoms with Gasteiger partial charge in [0, 0.05) is 12.1 Å². The van der Waals surface area contributed by atoms with Crippen LogP contribution in [0.25, 0.3) is 0 Å². The van der Waals surface area contributed by atoms with E-state index in [9.17, 15) is 0 Å². The van der Waals surface area contributed by atoms with Crippen LogP contribution in [-0.2, 0) is 6.54 Å². The molecule has 1 aromatic carbocycles. The van der Waals surface area contributed by atoms with Gasteiger partial charge < -0.3 is 4.74 Å². The van der Waals surface area contributed by atoms with Crippen molar-refractivity contribution in [1.82, 2.24) is 4.90 Å². The van der Waals surface area contributed by atoms with Crippen LogP contribution in [0.15, 0.2) is 6.07 Å². The Hall–Kier alpha value is -0.540. The minimum Gasteiger partial charge on any atom is -0.496 e. The maximum absolute atomic E-state index is 5.54. The minimum atomic E-state index is 0.864. The summed E-state index contributed by atoms with van der Waals surface area (Å²) in [4.78, 5) is 2.21. The summed E-state index contributed by atoms with van der Waals surface area (Å²) in [5, 5.41) is 0. The van der Waals surface area contributed by atoms with Crippen molar-refractivity contribution in [3.63, 3.8) is 0 Å². The van der Waals surface area contributed by atoms with Gasteiger partial charge in [-0.1, -0.05) is 22.0 Å². The lowest BCUT2D eigenvalue weighted by atomic mass is 9.99. The first kappa shape index (κ1) is 13.5. The predicted molar refractivity (Wildman–Crippen MR) is 72.5 cm³/mol. The summed E-state index contributed by atoms with van der Waals surface area (Å²) in [6.07, 6.45) is 0. The van der Waals surface area contributed by atoms with Gasteiger partial charge in [0.25, 0.3) is 0 Å². The van der Waals surface area contributed by atoms with Gasteiger partial charge >= 0.3 is 0 Å². The maximum Gasteiger partial charge on any atom is 0.126 e. The van der Waals surface area contributed by atoms with Crippen LogP contribution >= 0.6 is 15.9 Å². The molecule has 3 heteroatoms. The van der Waals surface area contributed by atoms with E-state index in [4.69, 9.17) is 4.74 Å². The Balaban J connectivity index is 3.20. The fourth-order valence-electron chi connectivity index (χ4n) is 1.89. The summed E-state index contributed by atoms with van der Waals surface area (Å²) in [6, 6.07) is 2.23. The lowest BCUT2D eigenvalue weighted by molar-refractivity contribution is 0.362. The second kappa shape index (κ2) is 5.69. The van der Waals surface area contributed by atoms with Crippen LogP contribution in [0.5, 0.6) is 5.75 Å². The molecule has 0 radical (unpaired) electrons. The number of hydrogen-bond acceptors (Lipinski definition) is 2. The Morgan fingerprint density at radius 2 is 1.88 bits per heavy atom. The largest absolute Gasteiger partial charge is 0.496 e. The van der Waals surface area contributed by atoms with E-state index in [2.05, 4.69) is 54.7 Å². The van der Waals surface area contributed by atoms with E-state index < -0.39 is 0 Å². The van der Waals surface area contributed by atoms with Gasteiger partial charge in [-0.25, -0.2) is 0 Å². The lowest BCUT2D eigenvalue weighted by Crippen LogP contribution is -2.17. The van der Waals surface area contributed by atoms with Crippen molar-refractivity contribution >= 4 is 15.9 Å². The van der Waals surface area contributed by atoms with Crippen molar-refractivity contribution in [3.05, 3.63) is 28.3 Å². The Morgan fingerprint density at radius 3 is 2.38 bits per heavy atom. The van der Waals surface area contributed by atoms with Crippen LogP contribution in [0.2, 0.25) is 0 Å². The number of benzene rings is 1. The molecule has 0 amide bonds. The molecule has 2 nitrogen and oxygen atoms in total. The fraction of sp³-hybridized carbons (Fsp3) is 0.538. The van der Waals surface area contributed by atoms with Crippen LogP contribution in [0, 0.1) is 20.8 Å². The van der Waals surface area contributed by atoms with E-state index in [1.807, 2.05) is 0 Å². The van der Waals surface area contributed by atoms with Gasteiger partial charge in [0.1, 0.15) is 5.75 Å². The van der Waals surface area contributed by atoms with Gasteiger partial charge in [0.2, 0.25) is 0 Å². The molecule has 0 N–H and O–H groups in total. The number of methoxy groups -OCH3 is 1. The second-order valence-electron chi connectivity index (χ2n) is 4.28. The van der Waals surface area contributed by atoms with E-state index >= 15 is 0 Å². The highest BCUT2D eigenvalue weighted by atomic mass is 79.9. The van der Waals surface area contributed by atoms with Crippen LogP contribution < -0.4 is 4.74 Å². The monoisotopic (exact) mass is 285 g/mol. The van der Waals surface area contributed by atoms with Crippen LogP contribution in [-0.4, -0.2) is 24.5 Å². The van der Waals surface area contributed by atoms with Crippen molar-refractivity contribution in [2.24, 2.45) is 0 Å². The molecule has 16 heavy (non-hydrogen) atoms. The van der Waals surface area contributed by atoms with E-state index in [0.29, 0.717) is 0 Å². The molecule has 0 unspecified atom stereocenters. The second-order valence-corrected chi connectivity index (χ2v) is 4.78. The zero-order valence-electron chi connectivity index (χ0n) is 10.7. The third-order valence-electron chi connectivity index (χ3n) is 2.95. The SMILES string of the molecule is COc1c(C)c(C)cc(C)c1CN(C)CBr. The summed E-state index contributed by atoms with van der Waals surface area (Å²) in [6.45, 7) is 7.29. The van der Waals surface area contributed by atoms with Gasteiger partial charge in [-0.15, -0.1) is 0 Å². The van der Waals surface area contributed by atoms with Crippen molar-refractivity contribution in [2.45, 2.75) is 27.3 Å². The molecule has 0 aliphatic rings. The molecule has 1 aromatic rings. The number of alkyl halides is 1. The number of aryl methyl sites for hydroxylation is 2. The summed E-state index contributed by atoms with van der Waals surface area (Å²) in [5.41, 5.74) is 5.98. The zero-order valence-corrected chi connectivity index (χ0v) is 12.3. The van der Waals surface area contributed by atoms with E-state index in [1.165, 1.54) is 22.3 Å². The first-order valence-corrected chi connectivity index (χ1v) is 6.51. The topological polar surface area (TPSA) is 12.5 Å². The number of nitrogens with zero attached hydrogens (tertiary/aromatic N) is 1. The molecule has 0 atom stereocenters. The third kappa shape index (κ3) is 2.77. The van der Waals surface area contributed by atoms with Crippen molar-refractivity contribution in [1.29, 1.82) is 0 Å². The smallest absolute Gasteiger partial charge is 0.126 e. The standard InChI is InChI=1S/C13H20BrNO/c1-9-6-10(2)12(7-15(4)8-14)13(16-5)11(9)3/h6H,7-8H2,1-5H3. The van der Waals surface area contributed by atoms with Gasteiger partial charge in [-0.3, -0.25) is 4.90 Å². The normalized spacial score (nSPS) is 10.9. The Kier molecular flexibility index (Phi) is 4.81. The van der Waals surface area contributed by atoms with Crippen molar-refractivity contribution in [2.75, 3.05) is 19.6 Å². The molecule has 0 spiro atoms.